The van der Waals surface area contributed by atoms with Gasteiger partial charge in [-0.25, -0.2) is 0 Å². The number of alkyl halides is 1. The Kier molecular flexibility index (Phi) is 3.41. The smallest absolute Gasteiger partial charge is 0.00718 e. The van der Waals surface area contributed by atoms with Crippen molar-refractivity contribution >= 4 is 15.9 Å². The lowest BCUT2D eigenvalue weighted by Gasteiger charge is -2.14. The van der Waals surface area contributed by atoms with Crippen molar-refractivity contribution in [2.45, 2.75) is 25.7 Å². The van der Waals surface area contributed by atoms with E-state index in [1.54, 1.807) is 5.57 Å². The van der Waals surface area contributed by atoms with E-state index in [4.69, 9.17) is 0 Å². The van der Waals surface area contributed by atoms with Gasteiger partial charge in [-0.1, -0.05) is 51.8 Å². The zero-order valence-electron chi connectivity index (χ0n) is 8.30. The average Bonchev–Trinajstić information content (AvgIpc) is 2.14. The molecular formula is C13H15Br. The van der Waals surface area contributed by atoms with Gasteiger partial charge in [0.25, 0.3) is 0 Å². The Bertz CT molecular complexity index is 322. The first-order valence-electron chi connectivity index (χ1n) is 5.20. The molecule has 0 amide bonds. The van der Waals surface area contributed by atoms with Crippen molar-refractivity contribution < 1.29 is 0 Å². The number of rotatable bonds is 4. The normalized spacial score (nSPS) is 14.8. The number of hydrogen-bond acceptors (Lipinski definition) is 0. The molecule has 1 aliphatic rings. The lowest BCUT2D eigenvalue weighted by molar-refractivity contribution is 0.829. The van der Waals surface area contributed by atoms with Crippen LogP contribution in [0.15, 0.2) is 35.9 Å². The van der Waals surface area contributed by atoms with Crippen LogP contribution in [0.2, 0.25) is 0 Å². The van der Waals surface area contributed by atoms with Gasteiger partial charge >= 0.3 is 0 Å². The lowest BCUT2D eigenvalue weighted by atomic mass is 9.92. The maximum absolute atomic E-state index is 3.46. The fourth-order valence-electron chi connectivity index (χ4n) is 1.70. The molecule has 0 spiro atoms. The van der Waals surface area contributed by atoms with E-state index in [0.717, 1.165) is 18.2 Å². The van der Waals surface area contributed by atoms with Crippen molar-refractivity contribution in [3.8, 4) is 0 Å². The first kappa shape index (κ1) is 9.97. The Morgan fingerprint density at radius 2 is 1.71 bits per heavy atom. The van der Waals surface area contributed by atoms with Crippen molar-refractivity contribution in [2.24, 2.45) is 0 Å². The van der Waals surface area contributed by atoms with Crippen LogP contribution in [0.25, 0.3) is 0 Å². The average molecular weight is 251 g/mol. The van der Waals surface area contributed by atoms with E-state index >= 15 is 0 Å². The minimum Gasteiger partial charge on any atom is -0.0924 e. The maximum atomic E-state index is 3.46. The van der Waals surface area contributed by atoms with Gasteiger partial charge in [0.1, 0.15) is 0 Å². The molecule has 0 bridgehead atoms. The number of benzene rings is 1. The molecule has 1 aromatic rings. The second-order valence-electron chi connectivity index (χ2n) is 3.83. The van der Waals surface area contributed by atoms with Crippen LogP contribution in [-0.2, 0) is 12.8 Å². The summed E-state index contributed by atoms with van der Waals surface area (Å²) in [5.74, 6) is 0. The summed E-state index contributed by atoms with van der Waals surface area (Å²) in [5, 5.41) is 1.05. The summed E-state index contributed by atoms with van der Waals surface area (Å²) in [5.41, 5.74) is 4.49. The summed E-state index contributed by atoms with van der Waals surface area (Å²) < 4.78 is 0. The van der Waals surface area contributed by atoms with E-state index in [2.05, 4.69) is 46.3 Å². The molecule has 2 rings (SSSR count). The number of hydrogen-bond donors (Lipinski definition) is 0. The summed E-state index contributed by atoms with van der Waals surface area (Å²) in [7, 11) is 0. The molecule has 1 aromatic carbocycles. The van der Waals surface area contributed by atoms with Crippen molar-refractivity contribution in [2.75, 3.05) is 5.33 Å². The highest BCUT2D eigenvalue weighted by molar-refractivity contribution is 9.09. The Balaban J connectivity index is 1.98. The third kappa shape index (κ3) is 2.48. The van der Waals surface area contributed by atoms with Crippen LogP contribution < -0.4 is 0 Å². The van der Waals surface area contributed by atoms with Gasteiger partial charge in [-0.15, -0.1) is 0 Å². The molecule has 0 nitrogen and oxygen atoms in total. The predicted octanol–water partition coefficient (Wildman–Crippen LogP) is 3.89. The number of allylic oxidation sites excluding steroid dienone is 2. The molecule has 0 aromatic heterocycles. The highest BCUT2D eigenvalue weighted by atomic mass is 79.9. The van der Waals surface area contributed by atoms with Crippen molar-refractivity contribution in [1.29, 1.82) is 0 Å². The van der Waals surface area contributed by atoms with Gasteiger partial charge in [-0.2, -0.15) is 0 Å². The van der Waals surface area contributed by atoms with Gasteiger partial charge in [-0.3, -0.25) is 0 Å². The molecular weight excluding hydrogens is 236 g/mol. The van der Waals surface area contributed by atoms with E-state index in [-0.39, 0.29) is 0 Å². The second-order valence-corrected chi connectivity index (χ2v) is 4.63. The minimum absolute atomic E-state index is 1.05. The Hall–Kier alpha value is -0.560. The minimum atomic E-state index is 1.05. The van der Waals surface area contributed by atoms with Crippen LogP contribution in [0, 0.1) is 0 Å². The van der Waals surface area contributed by atoms with E-state index in [1.165, 1.54) is 24.0 Å². The maximum Gasteiger partial charge on any atom is 0.00718 e. The van der Waals surface area contributed by atoms with Crippen molar-refractivity contribution in [1.82, 2.24) is 0 Å². The molecule has 1 heteroatoms. The van der Waals surface area contributed by atoms with Gasteiger partial charge in [-0.05, 0) is 36.8 Å². The molecule has 14 heavy (non-hydrogen) atoms. The Morgan fingerprint density at radius 1 is 1.07 bits per heavy atom. The topological polar surface area (TPSA) is 0 Å². The van der Waals surface area contributed by atoms with Crippen LogP contribution in [0.3, 0.4) is 0 Å². The quantitative estimate of drug-likeness (QED) is 0.562. The van der Waals surface area contributed by atoms with Crippen molar-refractivity contribution in [3.05, 3.63) is 47.0 Å². The zero-order valence-corrected chi connectivity index (χ0v) is 9.89. The summed E-state index contributed by atoms with van der Waals surface area (Å²) in [6.07, 6.45) is 7.24. The van der Waals surface area contributed by atoms with Gasteiger partial charge in [0, 0.05) is 5.33 Å². The van der Waals surface area contributed by atoms with E-state index < -0.39 is 0 Å². The molecule has 0 atom stereocenters. The number of aryl methyl sites for hydroxylation is 1. The van der Waals surface area contributed by atoms with Crippen LogP contribution in [0.5, 0.6) is 0 Å². The molecule has 0 radical (unpaired) electrons. The lowest BCUT2D eigenvalue weighted by Crippen LogP contribution is -1.98. The van der Waals surface area contributed by atoms with Crippen LogP contribution >= 0.6 is 15.9 Å². The molecule has 0 saturated heterocycles. The standard InChI is InChI=1S/C13H15Br/c14-9-8-11-4-6-13(7-5-11)10-12-2-1-3-12/h2,4-7H,1,3,8-10H2. The fraction of sp³-hybridized carbons (Fsp3) is 0.385. The van der Waals surface area contributed by atoms with E-state index in [9.17, 15) is 0 Å². The van der Waals surface area contributed by atoms with Gasteiger partial charge in [0.15, 0.2) is 0 Å². The van der Waals surface area contributed by atoms with E-state index in [1.807, 2.05) is 0 Å². The Labute approximate surface area is 94.2 Å². The first-order chi connectivity index (χ1) is 6.88. The Morgan fingerprint density at radius 3 is 2.21 bits per heavy atom. The van der Waals surface area contributed by atoms with Gasteiger partial charge in [0.2, 0.25) is 0 Å². The first-order valence-corrected chi connectivity index (χ1v) is 6.32. The monoisotopic (exact) mass is 250 g/mol. The van der Waals surface area contributed by atoms with Crippen LogP contribution in [-0.4, -0.2) is 5.33 Å². The molecule has 0 N–H and O–H groups in total. The SMILES string of the molecule is BrCCc1ccc(CC2=CCC2)cc1. The second kappa shape index (κ2) is 4.79. The fourth-order valence-corrected chi connectivity index (χ4v) is 2.16. The zero-order chi connectivity index (χ0) is 9.80. The molecule has 0 heterocycles. The summed E-state index contributed by atoms with van der Waals surface area (Å²) in [4.78, 5) is 0. The molecule has 74 valence electrons. The molecule has 0 aliphatic heterocycles. The molecule has 0 fully saturated rings. The van der Waals surface area contributed by atoms with Gasteiger partial charge in [0.05, 0.1) is 0 Å². The molecule has 0 unspecified atom stereocenters. The highest BCUT2D eigenvalue weighted by Crippen LogP contribution is 2.22. The number of halogens is 1. The summed E-state index contributed by atoms with van der Waals surface area (Å²) in [6, 6.07) is 9.01. The van der Waals surface area contributed by atoms with Crippen molar-refractivity contribution in [3.63, 3.8) is 0 Å². The van der Waals surface area contributed by atoms with Crippen LogP contribution in [0.1, 0.15) is 24.0 Å². The van der Waals surface area contributed by atoms with E-state index in [0.29, 0.717) is 0 Å². The van der Waals surface area contributed by atoms with Gasteiger partial charge < -0.3 is 0 Å². The largest absolute Gasteiger partial charge is 0.0924 e. The third-order valence-corrected chi connectivity index (χ3v) is 3.13. The highest BCUT2D eigenvalue weighted by Gasteiger charge is 2.05. The summed E-state index contributed by atoms with van der Waals surface area (Å²) in [6.45, 7) is 0. The molecule has 0 saturated carbocycles. The third-order valence-electron chi connectivity index (χ3n) is 2.74. The summed E-state index contributed by atoms with van der Waals surface area (Å²) >= 11 is 3.46. The predicted molar refractivity (Wildman–Crippen MR) is 65.0 cm³/mol. The molecule has 1 aliphatic carbocycles. The van der Waals surface area contributed by atoms with Crippen LogP contribution in [0.4, 0.5) is 0 Å².